The van der Waals surface area contributed by atoms with Crippen molar-refractivity contribution in [3.05, 3.63) is 29.3 Å². The smallest absolute Gasteiger partial charge is 0.305 e. The van der Waals surface area contributed by atoms with E-state index in [1.165, 1.54) is 0 Å². The van der Waals surface area contributed by atoms with Gasteiger partial charge in [0, 0.05) is 5.54 Å². The van der Waals surface area contributed by atoms with E-state index in [0.717, 1.165) is 11.1 Å². The number of benzene rings is 1. The highest BCUT2D eigenvalue weighted by atomic mass is 16.5. The lowest BCUT2D eigenvalue weighted by Gasteiger charge is -2.24. The number of rotatable bonds is 6. The van der Waals surface area contributed by atoms with Crippen LogP contribution in [0.1, 0.15) is 31.4 Å². The van der Waals surface area contributed by atoms with Crippen LogP contribution in [0.5, 0.6) is 5.75 Å². The lowest BCUT2D eigenvalue weighted by atomic mass is 10.0. The van der Waals surface area contributed by atoms with Crippen molar-refractivity contribution in [1.82, 2.24) is 5.32 Å². The number of hydrogen-bond acceptors (Lipinski definition) is 3. The minimum absolute atomic E-state index is 0.132. The van der Waals surface area contributed by atoms with Crippen LogP contribution in [0.2, 0.25) is 0 Å². The fraction of sp³-hybridized carbons (Fsp3) is 0.467. The van der Waals surface area contributed by atoms with Gasteiger partial charge >= 0.3 is 5.97 Å². The molecule has 0 atom stereocenters. The summed E-state index contributed by atoms with van der Waals surface area (Å²) in [6, 6.07) is 5.64. The molecule has 0 bridgehead atoms. The maximum absolute atomic E-state index is 11.8. The number of nitrogens with one attached hydrogen (secondary N) is 1. The van der Waals surface area contributed by atoms with Gasteiger partial charge in [-0.05, 0) is 44.9 Å². The lowest BCUT2D eigenvalue weighted by molar-refractivity contribution is -0.138. The quantitative estimate of drug-likeness (QED) is 0.835. The van der Waals surface area contributed by atoms with E-state index in [9.17, 15) is 9.59 Å². The average Bonchev–Trinajstić information content (AvgIpc) is 2.28. The van der Waals surface area contributed by atoms with E-state index < -0.39 is 11.5 Å². The molecule has 20 heavy (non-hydrogen) atoms. The van der Waals surface area contributed by atoms with Crippen LogP contribution in [0.15, 0.2) is 18.2 Å². The molecule has 110 valence electrons. The summed E-state index contributed by atoms with van der Waals surface area (Å²) in [5, 5.41) is 11.4. The molecule has 0 saturated carbocycles. The molecule has 0 aromatic heterocycles. The number of aliphatic carboxylic acids is 1. The minimum atomic E-state index is -0.953. The van der Waals surface area contributed by atoms with Gasteiger partial charge in [0.2, 0.25) is 0 Å². The van der Waals surface area contributed by atoms with Crippen LogP contribution in [-0.4, -0.2) is 29.1 Å². The number of carbonyl (C=O) groups excluding carboxylic acids is 1. The molecule has 0 heterocycles. The van der Waals surface area contributed by atoms with Crippen molar-refractivity contribution in [1.29, 1.82) is 0 Å². The van der Waals surface area contributed by atoms with Crippen molar-refractivity contribution >= 4 is 11.9 Å². The van der Waals surface area contributed by atoms with Crippen LogP contribution in [0.3, 0.4) is 0 Å². The Labute approximate surface area is 118 Å². The van der Waals surface area contributed by atoms with Crippen LogP contribution in [-0.2, 0) is 9.59 Å². The largest absolute Gasteiger partial charge is 0.483 e. The molecule has 0 aliphatic heterocycles. The molecule has 5 heteroatoms. The fourth-order valence-electron chi connectivity index (χ4n) is 1.86. The van der Waals surface area contributed by atoms with E-state index in [1.807, 2.05) is 26.0 Å². The van der Waals surface area contributed by atoms with Gasteiger partial charge in [0.1, 0.15) is 5.75 Å². The Morgan fingerprint density at radius 3 is 2.55 bits per heavy atom. The third-order valence-corrected chi connectivity index (χ3v) is 2.98. The van der Waals surface area contributed by atoms with Crippen molar-refractivity contribution in [3.63, 3.8) is 0 Å². The van der Waals surface area contributed by atoms with Crippen LogP contribution >= 0.6 is 0 Å². The molecule has 0 spiro atoms. The van der Waals surface area contributed by atoms with Gasteiger partial charge in [-0.25, -0.2) is 0 Å². The number of aryl methyl sites for hydroxylation is 1. The van der Waals surface area contributed by atoms with Gasteiger partial charge in [-0.1, -0.05) is 12.1 Å². The average molecular weight is 279 g/mol. The van der Waals surface area contributed by atoms with Crippen molar-refractivity contribution in [2.45, 2.75) is 39.7 Å². The van der Waals surface area contributed by atoms with Crippen LogP contribution in [0.4, 0.5) is 0 Å². The van der Waals surface area contributed by atoms with Gasteiger partial charge in [0.15, 0.2) is 6.61 Å². The first-order valence-corrected chi connectivity index (χ1v) is 6.43. The summed E-state index contributed by atoms with van der Waals surface area (Å²) < 4.78 is 5.47. The highest BCUT2D eigenvalue weighted by Crippen LogP contribution is 2.20. The van der Waals surface area contributed by atoms with Crippen molar-refractivity contribution < 1.29 is 19.4 Å². The van der Waals surface area contributed by atoms with Crippen molar-refractivity contribution in [2.75, 3.05) is 6.61 Å². The molecule has 1 aromatic carbocycles. The molecular weight excluding hydrogens is 258 g/mol. The minimum Gasteiger partial charge on any atom is -0.483 e. The molecule has 1 amide bonds. The second-order valence-corrected chi connectivity index (χ2v) is 5.49. The number of carboxylic acid groups (broad SMARTS) is 1. The molecular formula is C15H21NO4. The summed E-state index contributed by atoms with van der Waals surface area (Å²) in [6.07, 6.45) is -0.137. The zero-order valence-corrected chi connectivity index (χ0v) is 12.3. The van der Waals surface area contributed by atoms with Gasteiger partial charge < -0.3 is 15.2 Å². The molecule has 0 radical (unpaired) electrons. The molecule has 0 saturated heterocycles. The highest BCUT2D eigenvalue weighted by molar-refractivity contribution is 5.79. The van der Waals surface area contributed by atoms with E-state index >= 15 is 0 Å². The summed E-state index contributed by atoms with van der Waals surface area (Å²) in [6.45, 7) is 7.09. The zero-order valence-electron chi connectivity index (χ0n) is 12.3. The Balaban J connectivity index is 2.55. The number of amides is 1. The molecule has 0 fully saturated rings. The first-order chi connectivity index (χ1) is 9.21. The molecule has 0 unspecified atom stereocenters. The second-order valence-electron chi connectivity index (χ2n) is 5.49. The van der Waals surface area contributed by atoms with Gasteiger partial charge in [-0.2, -0.15) is 0 Å². The van der Waals surface area contributed by atoms with Gasteiger partial charge in [-0.3, -0.25) is 9.59 Å². The highest BCUT2D eigenvalue weighted by Gasteiger charge is 2.23. The van der Waals surface area contributed by atoms with E-state index in [1.54, 1.807) is 19.9 Å². The van der Waals surface area contributed by atoms with Gasteiger partial charge in [0.05, 0.1) is 6.42 Å². The first-order valence-electron chi connectivity index (χ1n) is 6.43. The Hall–Kier alpha value is -2.04. The van der Waals surface area contributed by atoms with Crippen LogP contribution in [0, 0.1) is 13.8 Å². The molecule has 0 aliphatic rings. The maximum atomic E-state index is 11.8. The number of hydrogen-bond donors (Lipinski definition) is 2. The van der Waals surface area contributed by atoms with Crippen molar-refractivity contribution in [3.8, 4) is 5.75 Å². The predicted octanol–water partition coefficient (Wildman–Crippen LogP) is 2.05. The summed E-state index contributed by atoms with van der Waals surface area (Å²) >= 11 is 0. The third-order valence-electron chi connectivity index (χ3n) is 2.98. The summed E-state index contributed by atoms with van der Waals surface area (Å²) in [5.41, 5.74) is 1.28. The van der Waals surface area contributed by atoms with Crippen LogP contribution < -0.4 is 10.1 Å². The number of ether oxygens (including phenoxy) is 1. The van der Waals surface area contributed by atoms with E-state index in [4.69, 9.17) is 9.84 Å². The van der Waals surface area contributed by atoms with Gasteiger partial charge in [-0.15, -0.1) is 0 Å². The fourth-order valence-corrected chi connectivity index (χ4v) is 1.86. The summed E-state index contributed by atoms with van der Waals surface area (Å²) in [7, 11) is 0. The monoisotopic (exact) mass is 279 g/mol. The van der Waals surface area contributed by atoms with E-state index in [2.05, 4.69) is 5.32 Å². The Bertz CT molecular complexity index is 509. The lowest BCUT2D eigenvalue weighted by Crippen LogP contribution is -2.46. The second kappa shape index (κ2) is 6.41. The topological polar surface area (TPSA) is 75.6 Å². The van der Waals surface area contributed by atoms with Crippen molar-refractivity contribution in [2.24, 2.45) is 0 Å². The number of carboxylic acids is 1. The van der Waals surface area contributed by atoms with Gasteiger partial charge in [0.25, 0.3) is 5.91 Å². The third kappa shape index (κ3) is 4.91. The molecule has 1 rings (SSSR count). The molecule has 1 aromatic rings. The standard InChI is InChI=1S/C15H21NO4/c1-10-6-5-7-12(11(10)2)20-9-13(17)16-15(3,4)8-14(18)19/h5-7H,8-9H2,1-4H3,(H,16,17)(H,18,19). The number of carbonyl (C=O) groups is 2. The Morgan fingerprint density at radius 1 is 1.30 bits per heavy atom. The van der Waals surface area contributed by atoms with Crippen LogP contribution in [0.25, 0.3) is 0 Å². The summed E-state index contributed by atoms with van der Waals surface area (Å²) in [4.78, 5) is 22.5. The zero-order chi connectivity index (χ0) is 15.3. The predicted molar refractivity (Wildman–Crippen MR) is 75.9 cm³/mol. The summed E-state index contributed by atoms with van der Waals surface area (Å²) in [5.74, 6) is -0.626. The maximum Gasteiger partial charge on any atom is 0.305 e. The Morgan fingerprint density at radius 2 is 1.95 bits per heavy atom. The SMILES string of the molecule is Cc1cccc(OCC(=O)NC(C)(C)CC(=O)O)c1C. The van der Waals surface area contributed by atoms with E-state index in [0.29, 0.717) is 5.75 Å². The Kier molecular flexibility index (Phi) is 5.13. The first kappa shape index (κ1) is 16.0. The normalized spacial score (nSPS) is 11.0. The molecule has 5 nitrogen and oxygen atoms in total. The van der Waals surface area contributed by atoms with E-state index in [-0.39, 0.29) is 18.9 Å². The molecule has 2 N–H and O–H groups in total. The molecule has 0 aliphatic carbocycles.